The second-order valence-corrected chi connectivity index (χ2v) is 4.74. The molecule has 0 fully saturated rings. The van der Waals surface area contributed by atoms with Gasteiger partial charge < -0.3 is 0 Å². The molecule has 0 aliphatic carbocycles. The minimum absolute atomic E-state index is 0.00119. The van der Waals surface area contributed by atoms with Crippen molar-refractivity contribution in [2.75, 3.05) is 0 Å². The average molecular weight is 306 g/mol. The van der Waals surface area contributed by atoms with Gasteiger partial charge in [0.1, 0.15) is 0 Å². The quantitative estimate of drug-likeness (QED) is 0.804. The number of carbonyl (C=O) groups excluding carboxylic acids is 1. The van der Waals surface area contributed by atoms with Crippen molar-refractivity contribution >= 4 is 11.5 Å². The number of allylic oxidation sites excluding steroid dienone is 2. The molecule has 2 rings (SSSR count). The lowest BCUT2D eigenvalue weighted by atomic mass is 9.83. The standard InChI is InChI=1S/C16H13F3N2O/c1-3-6-12-13(10-7-5-8-20-9-10)21-15(16(17,18)19)11(4-2)14(12)22/h1,5,7-9,12H,4,6H2,2H3. The molecule has 0 spiro atoms. The summed E-state index contributed by atoms with van der Waals surface area (Å²) in [5.74, 6) is 0.865. The summed E-state index contributed by atoms with van der Waals surface area (Å²) in [6, 6.07) is 3.13. The van der Waals surface area contributed by atoms with Crippen molar-refractivity contribution in [1.82, 2.24) is 4.98 Å². The molecule has 6 heteroatoms. The fourth-order valence-corrected chi connectivity index (χ4v) is 2.38. The second kappa shape index (κ2) is 6.14. The van der Waals surface area contributed by atoms with Crippen LogP contribution in [-0.2, 0) is 4.79 Å². The van der Waals surface area contributed by atoms with Gasteiger partial charge in [-0.15, -0.1) is 12.3 Å². The molecule has 3 nitrogen and oxygen atoms in total. The number of aromatic nitrogens is 1. The summed E-state index contributed by atoms with van der Waals surface area (Å²) in [6.07, 6.45) is 3.40. The van der Waals surface area contributed by atoms with E-state index in [-0.39, 0.29) is 24.1 Å². The zero-order valence-corrected chi connectivity index (χ0v) is 11.8. The van der Waals surface area contributed by atoms with Gasteiger partial charge in [0.2, 0.25) is 0 Å². The van der Waals surface area contributed by atoms with E-state index in [1.54, 1.807) is 12.1 Å². The first-order valence-corrected chi connectivity index (χ1v) is 6.67. The monoisotopic (exact) mass is 306 g/mol. The van der Waals surface area contributed by atoms with Gasteiger partial charge in [-0.05, 0) is 12.5 Å². The third kappa shape index (κ3) is 2.93. The maximum Gasteiger partial charge on any atom is 0.433 e. The number of ketones is 1. The third-order valence-corrected chi connectivity index (χ3v) is 3.36. The number of carbonyl (C=O) groups is 1. The van der Waals surface area contributed by atoms with Crippen molar-refractivity contribution in [3.8, 4) is 12.3 Å². The lowest BCUT2D eigenvalue weighted by Gasteiger charge is -2.25. The summed E-state index contributed by atoms with van der Waals surface area (Å²) >= 11 is 0. The van der Waals surface area contributed by atoms with Gasteiger partial charge in [0, 0.05) is 30.0 Å². The van der Waals surface area contributed by atoms with Crippen LogP contribution in [0.2, 0.25) is 0 Å². The fourth-order valence-electron chi connectivity index (χ4n) is 2.38. The maximum atomic E-state index is 13.2. The van der Waals surface area contributed by atoms with Crippen LogP contribution in [0.4, 0.5) is 13.2 Å². The number of pyridine rings is 1. The average Bonchev–Trinajstić information content (AvgIpc) is 2.48. The van der Waals surface area contributed by atoms with Crippen LogP contribution in [-0.4, -0.2) is 22.7 Å². The Morgan fingerprint density at radius 3 is 2.64 bits per heavy atom. The number of aliphatic imine (C=N–C) groups is 1. The Bertz CT molecular complexity index is 682. The molecule has 1 aromatic rings. The molecule has 2 heterocycles. The smallest absolute Gasteiger partial charge is 0.294 e. The van der Waals surface area contributed by atoms with Crippen LogP contribution in [0, 0.1) is 18.3 Å². The first-order valence-electron chi connectivity index (χ1n) is 6.67. The van der Waals surface area contributed by atoms with Crippen molar-refractivity contribution in [2.45, 2.75) is 25.9 Å². The molecule has 1 aliphatic rings. The number of nitrogens with zero attached hydrogens (tertiary/aromatic N) is 2. The third-order valence-electron chi connectivity index (χ3n) is 3.36. The highest BCUT2D eigenvalue weighted by Crippen LogP contribution is 2.37. The molecule has 1 aliphatic heterocycles. The van der Waals surface area contributed by atoms with Crippen LogP contribution in [0.25, 0.3) is 0 Å². The summed E-state index contributed by atoms with van der Waals surface area (Å²) < 4.78 is 39.5. The molecule has 0 bridgehead atoms. The summed E-state index contributed by atoms with van der Waals surface area (Å²) in [4.78, 5) is 20.0. The Kier molecular flexibility index (Phi) is 4.45. The Balaban J connectivity index is 2.65. The van der Waals surface area contributed by atoms with Crippen LogP contribution in [0.5, 0.6) is 0 Å². The molecular weight excluding hydrogens is 293 g/mol. The molecule has 1 unspecified atom stereocenters. The molecule has 1 aromatic heterocycles. The Morgan fingerprint density at radius 1 is 1.41 bits per heavy atom. The summed E-state index contributed by atoms with van der Waals surface area (Å²) in [7, 11) is 0. The predicted molar refractivity (Wildman–Crippen MR) is 76.1 cm³/mol. The fraction of sp³-hybridized carbons (Fsp3) is 0.312. The molecule has 0 saturated heterocycles. The van der Waals surface area contributed by atoms with E-state index in [4.69, 9.17) is 6.42 Å². The zero-order chi connectivity index (χ0) is 16.3. The Morgan fingerprint density at radius 2 is 2.14 bits per heavy atom. The van der Waals surface area contributed by atoms with Crippen molar-refractivity contribution in [3.05, 3.63) is 41.4 Å². The van der Waals surface area contributed by atoms with Gasteiger partial charge in [-0.3, -0.25) is 9.78 Å². The van der Waals surface area contributed by atoms with E-state index in [0.717, 1.165) is 0 Å². The van der Waals surface area contributed by atoms with Crippen LogP contribution in [0.1, 0.15) is 25.3 Å². The first kappa shape index (κ1) is 16.0. The number of hydrogen-bond acceptors (Lipinski definition) is 3. The van der Waals surface area contributed by atoms with Crippen molar-refractivity contribution in [1.29, 1.82) is 0 Å². The SMILES string of the molecule is C#CCC1C(=O)C(CC)=C(C(F)(F)F)N=C1c1cccnc1. The minimum atomic E-state index is -4.68. The number of hydrogen-bond donors (Lipinski definition) is 0. The highest BCUT2D eigenvalue weighted by atomic mass is 19.4. The molecule has 0 radical (unpaired) electrons. The highest BCUT2D eigenvalue weighted by molar-refractivity contribution is 6.20. The minimum Gasteiger partial charge on any atom is -0.294 e. The highest BCUT2D eigenvalue weighted by Gasteiger charge is 2.43. The number of rotatable bonds is 3. The number of terminal acetylenes is 1. The van der Waals surface area contributed by atoms with E-state index >= 15 is 0 Å². The largest absolute Gasteiger partial charge is 0.433 e. The molecule has 114 valence electrons. The van der Waals surface area contributed by atoms with Crippen molar-refractivity contribution in [2.24, 2.45) is 10.9 Å². The van der Waals surface area contributed by atoms with Crippen LogP contribution in [0.3, 0.4) is 0 Å². The number of Topliss-reactive ketones (excluding diaryl/α,β-unsaturated/α-hetero) is 1. The van der Waals surface area contributed by atoms with Gasteiger partial charge >= 0.3 is 6.18 Å². The molecule has 0 amide bonds. The number of halogens is 3. The van der Waals surface area contributed by atoms with Gasteiger partial charge in [0.05, 0.1) is 11.6 Å². The van der Waals surface area contributed by atoms with Crippen LogP contribution < -0.4 is 0 Å². The molecular formula is C16H13F3N2O. The lowest BCUT2D eigenvalue weighted by molar-refractivity contribution is -0.120. The van der Waals surface area contributed by atoms with E-state index in [0.29, 0.717) is 5.56 Å². The van der Waals surface area contributed by atoms with E-state index in [1.807, 2.05) is 0 Å². The topological polar surface area (TPSA) is 42.3 Å². The Labute approximate surface area is 126 Å². The lowest BCUT2D eigenvalue weighted by Crippen LogP contribution is -2.33. The van der Waals surface area contributed by atoms with Crippen LogP contribution >= 0.6 is 0 Å². The van der Waals surface area contributed by atoms with Crippen molar-refractivity contribution in [3.63, 3.8) is 0 Å². The van der Waals surface area contributed by atoms with E-state index < -0.39 is 23.6 Å². The zero-order valence-electron chi connectivity index (χ0n) is 11.8. The molecule has 0 saturated carbocycles. The van der Waals surface area contributed by atoms with Gasteiger partial charge in [-0.2, -0.15) is 13.2 Å². The molecule has 0 N–H and O–H groups in total. The summed E-state index contributed by atoms with van der Waals surface area (Å²) in [5, 5.41) is 0. The molecule has 0 aromatic carbocycles. The summed E-state index contributed by atoms with van der Waals surface area (Å²) in [6.45, 7) is 1.50. The van der Waals surface area contributed by atoms with E-state index in [9.17, 15) is 18.0 Å². The van der Waals surface area contributed by atoms with E-state index in [2.05, 4.69) is 15.9 Å². The van der Waals surface area contributed by atoms with Gasteiger partial charge in [0.25, 0.3) is 0 Å². The molecule has 22 heavy (non-hydrogen) atoms. The van der Waals surface area contributed by atoms with Gasteiger partial charge in [-0.25, -0.2) is 4.99 Å². The van der Waals surface area contributed by atoms with Crippen LogP contribution in [0.15, 0.2) is 40.8 Å². The number of alkyl halides is 3. The molecule has 1 atom stereocenters. The van der Waals surface area contributed by atoms with Crippen molar-refractivity contribution < 1.29 is 18.0 Å². The second-order valence-electron chi connectivity index (χ2n) is 4.74. The normalized spacial score (nSPS) is 19.0. The summed E-state index contributed by atoms with van der Waals surface area (Å²) in [5.41, 5.74) is -1.05. The van der Waals surface area contributed by atoms with Gasteiger partial charge in [-0.1, -0.05) is 13.0 Å². The van der Waals surface area contributed by atoms with E-state index in [1.165, 1.54) is 19.3 Å². The first-order chi connectivity index (χ1) is 10.4. The Hall–Kier alpha value is -2.42. The van der Waals surface area contributed by atoms with Gasteiger partial charge in [0.15, 0.2) is 11.5 Å². The maximum absolute atomic E-state index is 13.2. The predicted octanol–water partition coefficient (Wildman–Crippen LogP) is 3.32.